The second-order valence-electron chi connectivity index (χ2n) is 3.54. The second kappa shape index (κ2) is 6.29. The molecule has 17 heavy (non-hydrogen) atoms. The zero-order chi connectivity index (χ0) is 12.1. The van der Waals surface area contributed by atoms with Crippen LogP contribution in [0.1, 0.15) is 11.1 Å². The SMILES string of the molecule is Clc1ccccc1CSCc1cccnc1Cl. The quantitative estimate of drug-likeness (QED) is 0.746. The molecule has 0 fully saturated rings. The maximum absolute atomic E-state index is 6.09. The highest BCUT2D eigenvalue weighted by atomic mass is 35.5. The van der Waals surface area contributed by atoms with Crippen LogP contribution in [0.25, 0.3) is 0 Å². The number of halogens is 2. The molecule has 0 radical (unpaired) electrons. The van der Waals surface area contributed by atoms with Crippen molar-refractivity contribution in [3.63, 3.8) is 0 Å². The predicted molar refractivity (Wildman–Crippen MR) is 75.7 cm³/mol. The number of hydrogen-bond acceptors (Lipinski definition) is 2. The highest BCUT2D eigenvalue weighted by Crippen LogP contribution is 2.25. The summed E-state index contributed by atoms with van der Waals surface area (Å²) in [5.41, 5.74) is 2.21. The predicted octanol–water partition coefficient (Wildman–Crippen LogP) is 4.82. The molecule has 0 aliphatic carbocycles. The standard InChI is InChI=1S/C13H11Cl2NS/c14-12-6-2-1-4-10(12)8-17-9-11-5-3-7-16-13(11)15/h1-7H,8-9H2. The summed E-state index contributed by atoms with van der Waals surface area (Å²) in [5, 5.41) is 1.40. The lowest BCUT2D eigenvalue weighted by Gasteiger charge is -2.05. The molecule has 2 rings (SSSR count). The maximum Gasteiger partial charge on any atom is 0.133 e. The van der Waals surface area contributed by atoms with Crippen LogP contribution in [0.15, 0.2) is 42.6 Å². The van der Waals surface area contributed by atoms with Crippen LogP contribution in [0.3, 0.4) is 0 Å². The molecule has 0 N–H and O–H groups in total. The van der Waals surface area contributed by atoms with E-state index in [0.717, 1.165) is 27.7 Å². The van der Waals surface area contributed by atoms with E-state index in [9.17, 15) is 0 Å². The van der Waals surface area contributed by atoms with Crippen LogP contribution in [0.4, 0.5) is 0 Å². The first-order valence-corrected chi connectivity index (χ1v) is 7.09. The van der Waals surface area contributed by atoms with Gasteiger partial charge in [0, 0.05) is 22.7 Å². The van der Waals surface area contributed by atoms with Gasteiger partial charge in [0.2, 0.25) is 0 Å². The van der Waals surface area contributed by atoms with Crippen molar-refractivity contribution in [3.05, 3.63) is 63.9 Å². The Kier molecular flexibility index (Phi) is 4.72. The van der Waals surface area contributed by atoms with E-state index in [2.05, 4.69) is 4.98 Å². The summed E-state index contributed by atoms with van der Waals surface area (Å²) in [6.07, 6.45) is 1.70. The minimum atomic E-state index is 0.583. The van der Waals surface area contributed by atoms with Crippen LogP contribution in [0.5, 0.6) is 0 Å². The summed E-state index contributed by atoms with van der Waals surface area (Å²) < 4.78 is 0. The number of rotatable bonds is 4. The van der Waals surface area contributed by atoms with Gasteiger partial charge in [0.15, 0.2) is 0 Å². The van der Waals surface area contributed by atoms with Crippen molar-refractivity contribution in [2.24, 2.45) is 0 Å². The third kappa shape index (κ3) is 3.63. The van der Waals surface area contributed by atoms with E-state index in [-0.39, 0.29) is 0 Å². The summed E-state index contributed by atoms with van der Waals surface area (Å²) >= 11 is 13.9. The molecular weight excluding hydrogens is 273 g/mol. The molecule has 2 aromatic rings. The van der Waals surface area contributed by atoms with Gasteiger partial charge in [-0.05, 0) is 23.3 Å². The zero-order valence-electron chi connectivity index (χ0n) is 9.07. The Bertz CT molecular complexity index is 457. The summed E-state index contributed by atoms with van der Waals surface area (Å²) in [6.45, 7) is 0. The summed E-state index contributed by atoms with van der Waals surface area (Å²) in [5.74, 6) is 1.72. The van der Waals surface area contributed by atoms with Gasteiger partial charge in [0.1, 0.15) is 5.15 Å². The van der Waals surface area contributed by atoms with E-state index < -0.39 is 0 Å². The largest absolute Gasteiger partial charge is 0.244 e. The van der Waals surface area contributed by atoms with Crippen molar-refractivity contribution in [1.29, 1.82) is 0 Å². The monoisotopic (exact) mass is 283 g/mol. The fourth-order valence-corrected chi connectivity index (χ4v) is 2.99. The van der Waals surface area contributed by atoms with Crippen LogP contribution in [-0.4, -0.2) is 4.98 Å². The molecule has 4 heteroatoms. The van der Waals surface area contributed by atoms with Crippen molar-refractivity contribution < 1.29 is 0 Å². The smallest absolute Gasteiger partial charge is 0.133 e. The highest BCUT2D eigenvalue weighted by molar-refractivity contribution is 7.97. The number of aromatic nitrogens is 1. The Morgan fingerprint density at radius 2 is 1.65 bits per heavy atom. The van der Waals surface area contributed by atoms with Crippen LogP contribution in [0.2, 0.25) is 10.2 Å². The number of hydrogen-bond donors (Lipinski definition) is 0. The van der Waals surface area contributed by atoms with Crippen molar-refractivity contribution in [3.8, 4) is 0 Å². The van der Waals surface area contributed by atoms with E-state index in [4.69, 9.17) is 23.2 Å². The molecule has 0 bridgehead atoms. The van der Waals surface area contributed by atoms with Crippen LogP contribution >= 0.6 is 35.0 Å². The zero-order valence-corrected chi connectivity index (χ0v) is 11.4. The molecular formula is C13H11Cl2NS. The molecule has 0 atom stereocenters. The Morgan fingerprint density at radius 1 is 0.941 bits per heavy atom. The Morgan fingerprint density at radius 3 is 2.41 bits per heavy atom. The Hall–Kier alpha value is -0.700. The van der Waals surface area contributed by atoms with Gasteiger partial charge < -0.3 is 0 Å². The van der Waals surface area contributed by atoms with Gasteiger partial charge in [-0.15, -0.1) is 0 Å². The van der Waals surface area contributed by atoms with Crippen molar-refractivity contribution in [2.75, 3.05) is 0 Å². The average Bonchev–Trinajstić information content (AvgIpc) is 2.34. The molecule has 1 aromatic carbocycles. The summed E-state index contributed by atoms with van der Waals surface area (Å²) in [7, 11) is 0. The van der Waals surface area contributed by atoms with Gasteiger partial charge >= 0.3 is 0 Å². The van der Waals surface area contributed by atoms with Gasteiger partial charge in [0.25, 0.3) is 0 Å². The van der Waals surface area contributed by atoms with Gasteiger partial charge in [-0.2, -0.15) is 11.8 Å². The first-order valence-electron chi connectivity index (χ1n) is 5.18. The Labute approximate surface area is 115 Å². The average molecular weight is 284 g/mol. The molecule has 0 aliphatic rings. The number of pyridine rings is 1. The summed E-state index contributed by atoms with van der Waals surface area (Å²) in [4.78, 5) is 4.05. The Balaban J connectivity index is 1.93. The molecule has 0 saturated heterocycles. The van der Waals surface area contributed by atoms with Crippen LogP contribution in [0, 0.1) is 0 Å². The fourth-order valence-electron chi connectivity index (χ4n) is 1.41. The van der Waals surface area contributed by atoms with Crippen molar-refractivity contribution in [1.82, 2.24) is 4.98 Å². The normalized spacial score (nSPS) is 10.5. The fraction of sp³-hybridized carbons (Fsp3) is 0.154. The van der Waals surface area contributed by atoms with Crippen molar-refractivity contribution in [2.45, 2.75) is 11.5 Å². The van der Waals surface area contributed by atoms with Gasteiger partial charge in [-0.25, -0.2) is 4.98 Å². The topological polar surface area (TPSA) is 12.9 Å². The minimum Gasteiger partial charge on any atom is -0.244 e. The van der Waals surface area contributed by atoms with E-state index in [1.165, 1.54) is 0 Å². The molecule has 0 unspecified atom stereocenters. The lowest BCUT2D eigenvalue weighted by atomic mass is 10.2. The molecule has 88 valence electrons. The highest BCUT2D eigenvalue weighted by Gasteiger charge is 2.02. The van der Waals surface area contributed by atoms with E-state index in [0.29, 0.717) is 5.15 Å². The van der Waals surface area contributed by atoms with E-state index in [1.807, 2.05) is 36.4 Å². The van der Waals surface area contributed by atoms with Gasteiger partial charge in [-0.3, -0.25) is 0 Å². The number of benzene rings is 1. The second-order valence-corrected chi connectivity index (χ2v) is 5.29. The lowest BCUT2D eigenvalue weighted by molar-refractivity contribution is 1.25. The minimum absolute atomic E-state index is 0.583. The van der Waals surface area contributed by atoms with Crippen LogP contribution < -0.4 is 0 Å². The van der Waals surface area contributed by atoms with Crippen molar-refractivity contribution >= 4 is 35.0 Å². The third-order valence-electron chi connectivity index (χ3n) is 2.31. The first kappa shape index (κ1) is 12.7. The molecule has 1 aromatic heterocycles. The maximum atomic E-state index is 6.09. The number of nitrogens with zero attached hydrogens (tertiary/aromatic N) is 1. The third-order valence-corrected chi connectivity index (χ3v) is 4.05. The van der Waals surface area contributed by atoms with E-state index in [1.54, 1.807) is 18.0 Å². The lowest BCUT2D eigenvalue weighted by Crippen LogP contribution is -1.87. The van der Waals surface area contributed by atoms with E-state index >= 15 is 0 Å². The van der Waals surface area contributed by atoms with Crippen LogP contribution in [-0.2, 0) is 11.5 Å². The molecule has 1 nitrogen and oxygen atoms in total. The molecule has 0 aliphatic heterocycles. The molecule has 1 heterocycles. The van der Waals surface area contributed by atoms with Gasteiger partial charge in [0.05, 0.1) is 0 Å². The molecule has 0 saturated carbocycles. The number of thioether (sulfide) groups is 1. The van der Waals surface area contributed by atoms with Gasteiger partial charge in [-0.1, -0.05) is 47.5 Å². The first-order chi connectivity index (χ1) is 8.27. The summed E-state index contributed by atoms with van der Waals surface area (Å²) in [6, 6.07) is 11.8. The molecule has 0 spiro atoms. The molecule has 0 amide bonds.